The summed E-state index contributed by atoms with van der Waals surface area (Å²) in [6.07, 6.45) is 0. The molecule has 2 heterocycles. The van der Waals surface area contributed by atoms with Crippen molar-refractivity contribution in [2.75, 3.05) is 14.2 Å². The van der Waals surface area contributed by atoms with E-state index in [0.29, 0.717) is 22.3 Å². The largest absolute Gasteiger partial charge is 0.465 e. The molecule has 2 aromatic rings. The van der Waals surface area contributed by atoms with Crippen LogP contribution in [0.3, 0.4) is 0 Å². The molecule has 1 aromatic carbocycles. The number of halogens is 1. The summed E-state index contributed by atoms with van der Waals surface area (Å²) < 4.78 is 11.7. The molecule has 0 spiro atoms. The zero-order chi connectivity index (χ0) is 16.6. The van der Waals surface area contributed by atoms with Gasteiger partial charge in [-0.05, 0) is 17.7 Å². The summed E-state index contributed by atoms with van der Waals surface area (Å²) in [5, 5.41) is 0.601. The van der Waals surface area contributed by atoms with Crippen LogP contribution in [0.15, 0.2) is 24.3 Å². The van der Waals surface area contributed by atoms with Crippen molar-refractivity contribution in [3.05, 3.63) is 46.1 Å². The standard InChI is InChI=1S/C16H14ClNO4S/c1-21-15(19)12-11-7-23-8-18(11)14(13(12)16(20)22-2)9-3-5-10(17)6-4-9/h3-6H,7-8H2,1-2H3. The molecule has 0 N–H and O–H groups in total. The Morgan fingerprint density at radius 2 is 1.70 bits per heavy atom. The third-order valence-corrected chi connectivity index (χ3v) is 4.90. The summed E-state index contributed by atoms with van der Waals surface area (Å²) in [5.41, 5.74) is 2.78. The molecule has 0 atom stereocenters. The van der Waals surface area contributed by atoms with Gasteiger partial charge >= 0.3 is 11.9 Å². The van der Waals surface area contributed by atoms with Crippen molar-refractivity contribution < 1.29 is 19.1 Å². The number of benzene rings is 1. The highest BCUT2D eigenvalue weighted by Gasteiger charge is 2.34. The summed E-state index contributed by atoms with van der Waals surface area (Å²) in [6, 6.07) is 7.14. The summed E-state index contributed by atoms with van der Waals surface area (Å²) >= 11 is 7.62. The van der Waals surface area contributed by atoms with Gasteiger partial charge < -0.3 is 14.0 Å². The molecule has 0 saturated heterocycles. The first-order valence-corrected chi connectivity index (χ1v) is 8.37. The topological polar surface area (TPSA) is 57.5 Å². The Balaban J connectivity index is 2.31. The molecular weight excluding hydrogens is 338 g/mol. The summed E-state index contributed by atoms with van der Waals surface area (Å²) in [7, 11) is 2.60. The smallest absolute Gasteiger partial charge is 0.340 e. The van der Waals surface area contributed by atoms with Gasteiger partial charge in [-0.3, -0.25) is 0 Å². The number of carbonyl (C=O) groups excluding carboxylic acids is 2. The van der Waals surface area contributed by atoms with Gasteiger partial charge in [0.15, 0.2) is 0 Å². The first-order chi connectivity index (χ1) is 11.1. The average Bonchev–Trinajstić information content (AvgIpc) is 3.14. The Bertz CT molecular complexity index is 782. The quantitative estimate of drug-likeness (QED) is 0.791. The van der Waals surface area contributed by atoms with E-state index in [-0.39, 0.29) is 11.1 Å². The summed E-state index contributed by atoms with van der Waals surface area (Å²) in [4.78, 5) is 24.6. The maximum atomic E-state index is 12.3. The van der Waals surface area contributed by atoms with E-state index in [1.807, 2.05) is 16.7 Å². The van der Waals surface area contributed by atoms with Crippen LogP contribution in [0.25, 0.3) is 11.3 Å². The molecular formula is C16H14ClNO4S. The van der Waals surface area contributed by atoms with Crippen molar-refractivity contribution in [1.82, 2.24) is 4.57 Å². The number of thioether (sulfide) groups is 1. The minimum Gasteiger partial charge on any atom is -0.465 e. The third-order valence-electron chi connectivity index (χ3n) is 3.73. The number of aromatic nitrogens is 1. The molecule has 1 aliphatic heterocycles. The van der Waals surface area contributed by atoms with Gasteiger partial charge in [0.2, 0.25) is 0 Å². The normalized spacial score (nSPS) is 12.8. The Kier molecular flexibility index (Phi) is 4.37. The van der Waals surface area contributed by atoms with E-state index in [1.165, 1.54) is 14.2 Å². The lowest BCUT2D eigenvalue weighted by Gasteiger charge is -2.09. The molecule has 0 radical (unpaired) electrons. The molecule has 1 aromatic heterocycles. The Hall–Kier alpha value is -1.92. The van der Waals surface area contributed by atoms with Crippen molar-refractivity contribution >= 4 is 35.3 Å². The molecule has 7 heteroatoms. The molecule has 120 valence electrons. The van der Waals surface area contributed by atoms with E-state index in [0.717, 1.165) is 11.3 Å². The Morgan fingerprint density at radius 3 is 2.30 bits per heavy atom. The molecule has 0 amide bonds. The number of esters is 2. The first-order valence-electron chi connectivity index (χ1n) is 6.84. The van der Waals surface area contributed by atoms with Gasteiger partial charge in [-0.25, -0.2) is 9.59 Å². The first kappa shape index (κ1) is 16.0. The van der Waals surface area contributed by atoms with Crippen LogP contribution in [-0.4, -0.2) is 30.7 Å². The van der Waals surface area contributed by atoms with Crippen molar-refractivity contribution in [3.8, 4) is 11.3 Å². The second-order valence-electron chi connectivity index (χ2n) is 4.94. The summed E-state index contributed by atoms with van der Waals surface area (Å²) in [5.74, 6) is 0.218. The fourth-order valence-corrected chi connectivity index (χ4v) is 3.90. The molecule has 23 heavy (non-hydrogen) atoms. The zero-order valence-corrected chi connectivity index (χ0v) is 14.2. The molecule has 1 aliphatic rings. The molecule has 0 unspecified atom stereocenters. The van der Waals surface area contributed by atoms with E-state index in [9.17, 15) is 9.59 Å². The monoisotopic (exact) mass is 351 g/mol. The van der Waals surface area contributed by atoms with Gasteiger partial charge in [0, 0.05) is 16.5 Å². The predicted octanol–water partition coefficient (Wildman–Crippen LogP) is 3.59. The average molecular weight is 352 g/mol. The second-order valence-corrected chi connectivity index (χ2v) is 6.33. The lowest BCUT2D eigenvalue weighted by Crippen LogP contribution is -2.11. The minimum atomic E-state index is -0.553. The van der Waals surface area contributed by atoms with Gasteiger partial charge in [-0.15, -0.1) is 11.8 Å². The van der Waals surface area contributed by atoms with E-state index in [4.69, 9.17) is 21.1 Å². The van der Waals surface area contributed by atoms with Crippen LogP contribution in [-0.2, 0) is 21.1 Å². The highest BCUT2D eigenvalue weighted by atomic mass is 35.5. The van der Waals surface area contributed by atoms with Gasteiger partial charge in [0.1, 0.15) is 5.56 Å². The fourth-order valence-electron chi connectivity index (χ4n) is 2.72. The van der Waals surface area contributed by atoms with Gasteiger partial charge in [-0.2, -0.15) is 0 Å². The lowest BCUT2D eigenvalue weighted by molar-refractivity contribution is 0.0556. The minimum absolute atomic E-state index is 0.247. The van der Waals surface area contributed by atoms with Crippen LogP contribution in [0.2, 0.25) is 5.02 Å². The molecule has 5 nitrogen and oxygen atoms in total. The number of hydrogen-bond acceptors (Lipinski definition) is 5. The molecule has 3 rings (SSSR count). The van der Waals surface area contributed by atoms with Crippen molar-refractivity contribution in [3.63, 3.8) is 0 Å². The fraction of sp³-hybridized carbons (Fsp3) is 0.250. The van der Waals surface area contributed by atoms with E-state index < -0.39 is 11.9 Å². The van der Waals surface area contributed by atoms with Crippen LogP contribution in [0.4, 0.5) is 0 Å². The second kappa shape index (κ2) is 6.29. The van der Waals surface area contributed by atoms with E-state index >= 15 is 0 Å². The van der Waals surface area contributed by atoms with E-state index in [2.05, 4.69) is 0 Å². The number of fused-ring (bicyclic) bond motifs is 1. The van der Waals surface area contributed by atoms with Crippen molar-refractivity contribution in [2.24, 2.45) is 0 Å². The van der Waals surface area contributed by atoms with E-state index in [1.54, 1.807) is 23.9 Å². The number of nitrogens with zero attached hydrogens (tertiary/aromatic N) is 1. The van der Waals surface area contributed by atoms with Gasteiger partial charge in [0.25, 0.3) is 0 Å². The highest BCUT2D eigenvalue weighted by Crippen LogP contribution is 2.40. The maximum absolute atomic E-state index is 12.3. The highest BCUT2D eigenvalue weighted by molar-refractivity contribution is 7.97. The number of carbonyl (C=O) groups is 2. The molecule has 0 aliphatic carbocycles. The number of rotatable bonds is 3. The summed E-state index contributed by atoms with van der Waals surface area (Å²) in [6.45, 7) is 0. The number of hydrogen-bond donors (Lipinski definition) is 0. The third kappa shape index (κ3) is 2.62. The predicted molar refractivity (Wildman–Crippen MR) is 88.9 cm³/mol. The van der Waals surface area contributed by atoms with Crippen molar-refractivity contribution in [1.29, 1.82) is 0 Å². The molecule has 0 saturated carbocycles. The van der Waals surface area contributed by atoms with Crippen LogP contribution in [0.1, 0.15) is 26.4 Å². The maximum Gasteiger partial charge on any atom is 0.340 e. The van der Waals surface area contributed by atoms with Crippen LogP contribution < -0.4 is 0 Å². The molecule has 0 bridgehead atoms. The molecule has 0 fully saturated rings. The van der Waals surface area contributed by atoms with Gasteiger partial charge in [0.05, 0.1) is 31.4 Å². The zero-order valence-electron chi connectivity index (χ0n) is 12.6. The van der Waals surface area contributed by atoms with Crippen LogP contribution in [0, 0.1) is 0 Å². The Morgan fingerprint density at radius 1 is 1.09 bits per heavy atom. The van der Waals surface area contributed by atoms with Crippen LogP contribution in [0.5, 0.6) is 0 Å². The van der Waals surface area contributed by atoms with Crippen molar-refractivity contribution in [2.45, 2.75) is 11.6 Å². The lowest BCUT2D eigenvalue weighted by atomic mass is 10.0. The number of methoxy groups -OCH3 is 2. The SMILES string of the molecule is COC(=O)c1c(C(=O)OC)c(-c2ccc(Cl)cc2)n2c1CSC2. The van der Waals surface area contributed by atoms with Gasteiger partial charge in [-0.1, -0.05) is 23.7 Å². The Labute approximate surface area is 142 Å². The van der Waals surface area contributed by atoms with Crippen LogP contribution >= 0.6 is 23.4 Å². The number of ether oxygens (including phenoxy) is 2.